The van der Waals surface area contributed by atoms with Crippen molar-refractivity contribution in [3.8, 4) is 17.1 Å². The first-order valence-electron chi connectivity index (χ1n) is 11.8. The zero-order valence-corrected chi connectivity index (χ0v) is 19.5. The van der Waals surface area contributed by atoms with Gasteiger partial charge < -0.3 is 24.0 Å². The van der Waals surface area contributed by atoms with Crippen molar-refractivity contribution >= 4 is 11.8 Å². The third kappa shape index (κ3) is 5.90. The minimum atomic E-state index is 0.0484. The van der Waals surface area contributed by atoms with E-state index >= 15 is 0 Å². The van der Waals surface area contributed by atoms with Crippen LogP contribution in [-0.4, -0.2) is 90.1 Å². The Morgan fingerprint density at radius 2 is 1.73 bits per heavy atom. The number of rotatable bonds is 7. The molecule has 0 atom stereocenters. The molecular formula is C24H33N5O4. The molecule has 0 saturated carbocycles. The SMILES string of the molecule is COc1ccc(-c2noc(CCCC(=O)N3CCC(C(=O)N4CCN(C)CC4)CC3)n2)cc1. The van der Waals surface area contributed by atoms with E-state index in [9.17, 15) is 9.59 Å². The molecule has 4 rings (SSSR count). The van der Waals surface area contributed by atoms with Crippen LogP contribution in [0.5, 0.6) is 5.75 Å². The molecule has 2 aromatic rings. The Morgan fingerprint density at radius 3 is 2.39 bits per heavy atom. The van der Waals surface area contributed by atoms with Gasteiger partial charge in [0.15, 0.2) is 0 Å². The molecule has 1 aromatic heterocycles. The lowest BCUT2D eigenvalue weighted by atomic mass is 9.94. The predicted octanol–water partition coefficient (Wildman–Crippen LogP) is 2.08. The Labute approximate surface area is 194 Å². The van der Waals surface area contributed by atoms with E-state index in [2.05, 4.69) is 22.1 Å². The van der Waals surface area contributed by atoms with Crippen molar-refractivity contribution in [2.75, 3.05) is 53.4 Å². The highest BCUT2D eigenvalue weighted by Crippen LogP contribution is 2.22. The first-order chi connectivity index (χ1) is 16.0. The lowest BCUT2D eigenvalue weighted by Gasteiger charge is -2.37. The fourth-order valence-corrected chi connectivity index (χ4v) is 4.42. The molecule has 2 aliphatic rings. The van der Waals surface area contributed by atoms with E-state index in [1.165, 1.54) is 0 Å². The van der Waals surface area contributed by atoms with Gasteiger partial charge in [0.05, 0.1) is 7.11 Å². The first kappa shape index (κ1) is 23.2. The molecule has 0 N–H and O–H groups in total. The highest BCUT2D eigenvalue weighted by Gasteiger charge is 2.31. The Kier molecular flexibility index (Phi) is 7.59. The molecule has 2 amide bonds. The van der Waals surface area contributed by atoms with Crippen molar-refractivity contribution in [1.82, 2.24) is 24.8 Å². The summed E-state index contributed by atoms with van der Waals surface area (Å²) in [5, 5.41) is 4.04. The third-order valence-electron chi connectivity index (χ3n) is 6.61. The van der Waals surface area contributed by atoms with E-state index in [-0.39, 0.29) is 17.7 Å². The normalized spacial score (nSPS) is 17.9. The van der Waals surface area contributed by atoms with Crippen molar-refractivity contribution in [1.29, 1.82) is 0 Å². The van der Waals surface area contributed by atoms with E-state index in [4.69, 9.17) is 9.26 Å². The van der Waals surface area contributed by atoms with Crippen molar-refractivity contribution in [3.05, 3.63) is 30.2 Å². The number of likely N-dealkylation sites (N-methyl/N-ethyl adjacent to an activating group) is 1. The third-order valence-corrected chi connectivity index (χ3v) is 6.61. The summed E-state index contributed by atoms with van der Waals surface area (Å²) in [6.45, 7) is 4.81. The number of methoxy groups -OCH3 is 1. The van der Waals surface area contributed by atoms with Gasteiger partial charge in [-0.25, -0.2) is 0 Å². The smallest absolute Gasteiger partial charge is 0.226 e. The van der Waals surface area contributed by atoms with Crippen LogP contribution in [-0.2, 0) is 16.0 Å². The minimum absolute atomic E-state index is 0.0484. The number of nitrogens with zero attached hydrogens (tertiary/aromatic N) is 5. The van der Waals surface area contributed by atoms with E-state index < -0.39 is 0 Å². The minimum Gasteiger partial charge on any atom is -0.497 e. The van der Waals surface area contributed by atoms with Gasteiger partial charge in [-0.3, -0.25) is 9.59 Å². The molecule has 1 aromatic carbocycles. The zero-order valence-electron chi connectivity index (χ0n) is 19.5. The second kappa shape index (κ2) is 10.8. The summed E-state index contributed by atoms with van der Waals surface area (Å²) >= 11 is 0. The number of aryl methyl sites for hydroxylation is 1. The summed E-state index contributed by atoms with van der Waals surface area (Å²) in [4.78, 5) is 36.0. The van der Waals surface area contributed by atoms with Crippen molar-refractivity contribution < 1.29 is 18.8 Å². The Hall–Kier alpha value is -2.94. The average Bonchev–Trinajstić information content (AvgIpc) is 3.33. The van der Waals surface area contributed by atoms with Crippen LogP contribution in [0.2, 0.25) is 0 Å². The van der Waals surface area contributed by atoms with Gasteiger partial charge in [0.25, 0.3) is 0 Å². The van der Waals surface area contributed by atoms with Gasteiger partial charge in [0.2, 0.25) is 23.5 Å². The maximum atomic E-state index is 12.8. The lowest BCUT2D eigenvalue weighted by molar-refractivity contribution is -0.142. The molecule has 33 heavy (non-hydrogen) atoms. The maximum Gasteiger partial charge on any atom is 0.226 e. The number of ether oxygens (including phenoxy) is 1. The van der Waals surface area contributed by atoms with Crippen LogP contribution in [0.1, 0.15) is 31.6 Å². The molecule has 9 heteroatoms. The van der Waals surface area contributed by atoms with Gasteiger partial charge in [-0.15, -0.1) is 0 Å². The quantitative estimate of drug-likeness (QED) is 0.631. The Bertz CT molecular complexity index is 929. The van der Waals surface area contributed by atoms with Crippen LogP contribution in [0.4, 0.5) is 0 Å². The number of piperidine rings is 1. The van der Waals surface area contributed by atoms with E-state index in [1.807, 2.05) is 34.1 Å². The van der Waals surface area contributed by atoms with E-state index in [0.717, 1.165) is 50.3 Å². The van der Waals surface area contributed by atoms with Gasteiger partial charge in [-0.05, 0) is 50.6 Å². The largest absolute Gasteiger partial charge is 0.497 e. The fourth-order valence-electron chi connectivity index (χ4n) is 4.42. The van der Waals surface area contributed by atoms with Crippen molar-refractivity contribution in [2.45, 2.75) is 32.1 Å². The van der Waals surface area contributed by atoms with Gasteiger partial charge in [-0.2, -0.15) is 4.98 Å². The van der Waals surface area contributed by atoms with Gasteiger partial charge in [0.1, 0.15) is 5.75 Å². The molecule has 0 bridgehead atoms. The summed E-state index contributed by atoms with van der Waals surface area (Å²) in [6.07, 6.45) is 3.17. The number of benzene rings is 1. The summed E-state index contributed by atoms with van der Waals surface area (Å²) in [6, 6.07) is 7.47. The number of carbonyl (C=O) groups excluding carboxylic acids is 2. The van der Waals surface area contributed by atoms with Gasteiger partial charge in [-0.1, -0.05) is 5.16 Å². The van der Waals surface area contributed by atoms with Crippen LogP contribution in [0.15, 0.2) is 28.8 Å². The van der Waals surface area contributed by atoms with E-state index in [1.54, 1.807) is 7.11 Å². The lowest BCUT2D eigenvalue weighted by Crippen LogP contribution is -2.51. The first-order valence-corrected chi connectivity index (χ1v) is 11.8. The molecule has 2 aliphatic heterocycles. The van der Waals surface area contributed by atoms with Crippen molar-refractivity contribution in [3.63, 3.8) is 0 Å². The number of piperazine rings is 1. The molecule has 3 heterocycles. The molecule has 0 radical (unpaired) electrons. The van der Waals surface area contributed by atoms with Gasteiger partial charge in [0, 0.05) is 63.6 Å². The monoisotopic (exact) mass is 455 g/mol. The molecule has 2 fully saturated rings. The standard InChI is InChI=1S/C24H33N5O4/c1-27-14-16-29(17-15-27)24(31)19-10-12-28(13-11-19)22(30)5-3-4-21-25-23(26-33-21)18-6-8-20(32-2)9-7-18/h6-9,19H,3-5,10-17H2,1-2H3. The van der Waals surface area contributed by atoms with Crippen LogP contribution >= 0.6 is 0 Å². The summed E-state index contributed by atoms with van der Waals surface area (Å²) in [5.41, 5.74) is 0.857. The second-order valence-corrected chi connectivity index (χ2v) is 8.88. The number of hydrogen-bond donors (Lipinski definition) is 0. The number of carbonyl (C=O) groups is 2. The molecule has 0 spiro atoms. The van der Waals surface area contributed by atoms with Crippen LogP contribution in [0, 0.1) is 5.92 Å². The number of likely N-dealkylation sites (tertiary alicyclic amines) is 1. The fraction of sp³-hybridized carbons (Fsp3) is 0.583. The number of hydrogen-bond acceptors (Lipinski definition) is 7. The number of aromatic nitrogens is 2. The molecule has 0 unspecified atom stereocenters. The molecule has 0 aliphatic carbocycles. The molecule has 9 nitrogen and oxygen atoms in total. The number of amides is 2. The van der Waals surface area contributed by atoms with Crippen molar-refractivity contribution in [2.24, 2.45) is 5.92 Å². The van der Waals surface area contributed by atoms with E-state index in [0.29, 0.717) is 44.1 Å². The zero-order chi connectivity index (χ0) is 23.2. The Balaban J connectivity index is 1.18. The van der Waals surface area contributed by atoms with Crippen LogP contribution in [0.3, 0.4) is 0 Å². The molecular weight excluding hydrogens is 422 g/mol. The second-order valence-electron chi connectivity index (χ2n) is 8.88. The van der Waals surface area contributed by atoms with Crippen LogP contribution < -0.4 is 4.74 Å². The maximum absolute atomic E-state index is 12.8. The summed E-state index contributed by atoms with van der Waals surface area (Å²) in [7, 11) is 3.71. The van der Waals surface area contributed by atoms with Gasteiger partial charge >= 0.3 is 0 Å². The predicted molar refractivity (Wildman–Crippen MR) is 123 cm³/mol. The average molecular weight is 456 g/mol. The molecule has 178 valence electrons. The highest BCUT2D eigenvalue weighted by atomic mass is 16.5. The topological polar surface area (TPSA) is 92.0 Å². The summed E-state index contributed by atoms with van der Waals surface area (Å²) in [5.74, 6) is 2.28. The Morgan fingerprint density at radius 1 is 1.03 bits per heavy atom. The summed E-state index contributed by atoms with van der Waals surface area (Å²) < 4.78 is 10.5. The highest BCUT2D eigenvalue weighted by molar-refractivity contribution is 5.80. The van der Waals surface area contributed by atoms with Crippen LogP contribution in [0.25, 0.3) is 11.4 Å². The molecule has 2 saturated heterocycles.